The molecule has 0 bridgehead atoms. The Hall–Kier alpha value is -1.09. The fourth-order valence-electron chi connectivity index (χ4n) is 5.39. The van der Waals surface area contributed by atoms with Crippen LogP contribution in [-0.4, -0.2) is 60.8 Å². The van der Waals surface area contributed by atoms with Crippen molar-refractivity contribution in [3.63, 3.8) is 0 Å². The van der Waals surface area contributed by atoms with E-state index in [2.05, 4.69) is 70.3 Å². The lowest BCUT2D eigenvalue weighted by Crippen LogP contribution is -2.65. The summed E-state index contributed by atoms with van der Waals surface area (Å²) in [7, 11) is -5.43. The van der Waals surface area contributed by atoms with Gasteiger partial charge >= 0.3 is 17.1 Å². The zero-order chi connectivity index (χ0) is 25.0. The lowest BCUT2D eigenvalue weighted by atomic mass is 10.2. The van der Waals surface area contributed by atoms with Crippen LogP contribution in [0.3, 0.4) is 0 Å². The molecule has 1 unspecified atom stereocenters. The maximum Gasteiger partial charge on any atom is 0.335 e. The summed E-state index contributed by atoms with van der Waals surface area (Å²) in [6.07, 6.45) is 1.83. The quantitative estimate of drug-likeness (QED) is 0.433. The van der Waals surface area contributed by atoms with Crippen molar-refractivity contribution in [3.05, 3.63) is 12.7 Å². The molecule has 4 atom stereocenters. The third-order valence-corrected chi connectivity index (χ3v) is 18.0. The predicted molar refractivity (Wildman–Crippen MR) is 137 cm³/mol. The zero-order valence-corrected chi connectivity index (χ0v) is 24.1. The lowest BCUT2D eigenvalue weighted by Gasteiger charge is -2.51. The molecule has 9 nitrogen and oxygen atoms in total. The highest BCUT2D eigenvalue weighted by atomic mass is 35.5. The fraction of sp³-hybridized carbons (Fsp3) is 0.773. The van der Waals surface area contributed by atoms with E-state index in [0.29, 0.717) is 23.6 Å². The van der Waals surface area contributed by atoms with E-state index in [1.54, 1.807) is 6.33 Å². The molecule has 0 aromatic carbocycles. The molecule has 12 heteroatoms. The molecule has 0 saturated carbocycles. The number of imidazole rings is 1. The molecule has 0 aliphatic carbocycles. The van der Waals surface area contributed by atoms with Crippen LogP contribution in [0, 0.1) is 0 Å². The summed E-state index contributed by atoms with van der Waals surface area (Å²) in [6.45, 7) is 18.0. The minimum absolute atomic E-state index is 0.212. The molecule has 2 aromatic rings. The van der Waals surface area contributed by atoms with Gasteiger partial charge in [-0.15, -0.1) is 11.6 Å². The Morgan fingerprint density at radius 3 is 2.18 bits per heavy atom. The van der Waals surface area contributed by atoms with Crippen molar-refractivity contribution in [2.75, 3.05) is 12.3 Å². The average molecular weight is 528 g/mol. The number of anilines is 1. The summed E-state index contributed by atoms with van der Waals surface area (Å²) >= 11 is 7.09. The van der Waals surface area contributed by atoms with Crippen molar-refractivity contribution in [1.82, 2.24) is 19.5 Å². The van der Waals surface area contributed by atoms with Gasteiger partial charge in [0, 0.05) is 0 Å². The Morgan fingerprint density at radius 1 is 0.971 bits per heavy atom. The van der Waals surface area contributed by atoms with Crippen LogP contribution in [0.5, 0.6) is 0 Å². The van der Waals surface area contributed by atoms with Crippen molar-refractivity contribution in [1.29, 1.82) is 0 Å². The van der Waals surface area contributed by atoms with Crippen molar-refractivity contribution < 1.29 is 17.7 Å². The summed E-state index contributed by atoms with van der Waals surface area (Å²) in [4.78, 5) is 12.8. The Kier molecular flexibility index (Phi) is 7.20. The Bertz CT molecular complexity index is 1000. The monoisotopic (exact) mass is 527 g/mol. The van der Waals surface area contributed by atoms with E-state index < -0.39 is 28.7 Å². The molecule has 4 rings (SSSR count). The number of ether oxygens (including phenoxy) is 1. The molecule has 34 heavy (non-hydrogen) atoms. The van der Waals surface area contributed by atoms with Gasteiger partial charge in [0.1, 0.15) is 23.3 Å². The van der Waals surface area contributed by atoms with Gasteiger partial charge in [-0.05, 0) is 22.2 Å². The first-order valence-electron chi connectivity index (χ1n) is 12.2. The molecule has 0 radical (unpaired) electrons. The van der Waals surface area contributed by atoms with E-state index in [1.165, 1.54) is 6.33 Å². The number of hydrogen-bond acceptors (Lipinski definition) is 8. The smallest absolute Gasteiger partial charge is 0.335 e. The molecule has 0 spiro atoms. The van der Waals surface area contributed by atoms with E-state index in [4.69, 9.17) is 35.0 Å². The highest BCUT2D eigenvalue weighted by Gasteiger charge is 2.61. The Labute approximate surface area is 209 Å². The molecule has 0 amide bonds. The summed E-state index contributed by atoms with van der Waals surface area (Å²) in [6, 6.07) is 0. The summed E-state index contributed by atoms with van der Waals surface area (Å²) in [5.41, 5.74) is 8.06. The normalized spacial score (nSPS) is 29.2. The molecule has 2 saturated heterocycles. The molecular formula is C22H38ClN5O4Si2. The van der Waals surface area contributed by atoms with Crippen LogP contribution in [0.15, 0.2) is 12.7 Å². The minimum Gasteiger partial charge on any atom is -0.414 e. The number of hydrogen-bond donors (Lipinski definition) is 1. The second kappa shape index (κ2) is 9.42. The highest BCUT2D eigenvalue weighted by molar-refractivity contribution is 6.84. The number of alkyl halides is 1. The van der Waals surface area contributed by atoms with Crippen LogP contribution in [0.1, 0.15) is 61.6 Å². The van der Waals surface area contributed by atoms with Crippen molar-refractivity contribution in [2.45, 2.75) is 101 Å². The molecule has 4 heterocycles. The molecule has 2 aliphatic heterocycles. The van der Waals surface area contributed by atoms with Gasteiger partial charge in [0.05, 0.1) is 19.0 Å². The fourth-order valence-corrected chi connectivity index (χ4v) is 17.1. The topological polar surface area (TPSA) is 107 Å². The second-order valence-electron chi connectivity index (χ2n) is 10.6. The third-order valence-electron chi connectivity index (χ3n) is 7.26. The third kappa shape index (κ3) is 4.02. The summed E-state index contributed by atoms with van der Waals surface area (Å²) < 4.78 is 29.5. The van der Waals surface area contributed by atoms with Gasteiger partial charge in [-0.2, -0.15) is 0 Å². The van der Waals surface area contributed by atoms with Gasteiger partial charge in [-0.1, -0.05) is 55.4 Å². The average Bonchev–Trinajstić information content (AvgIpc) is 3.29. The van der Waals surface area contributed by atoms with Gasteiger partial charge in [-0.25, -0.2) is 15.0 Å². The second-order valence-corrected chi connectivity index (χ2v) is 20.0. The van der Waals surface area contributed by atoms with E-state index in [9.17, 15) is 0 Å². The summed E-state index contributed by atoms with van der Waals surface area (Å²) in [5.74, 6) is 0.322. The highest BCUT2D eigenvalue weighted by Crippen LogP contribution is 2.49. The largest absolute Gasteiger partial charge is 0.414 e. The molecular weight excluding hydrogens is 490 g/mol. The maximum absolute atomic E-state index is 7.24. The van der Waals surface area contributed by atoms with Gasteiger partial charge in [0.25, 0.3) is 0 Å². The number of nitrogens with two attached hydrogens (primary N) is 1. The van der Waals surface area contributed by atoms with E-state index in [1.807, 2.05) is 4.57 Å². The first-order chi connectivity index (χ1) is 15.9. The van der Waals surface area contributed by atoms with Gasteiger partial charge < -0.3 is 23.4 Å². The van der Waals surface area contributed by atoms with Gasteiger partial charge in [0.2, 0.25) is 0 Å². The van der Waals surface area contributed by atoms with Crippen molar-refractivity contribution in [3.8, 4) is 0 Å². The lowest BCUT2D eigenvalue weighted by molar-refractivity contribution is -0.0544. The SMILES string of the molecule is CC(C)[Si]1(C(C)C)OC[C@H]2O[C@@H](n3cnc4c(N)ncnc43)C(Cl)[C@H]2O[Si](C(C)C)(C(C)C)O1. The van der Waals surface area contributed by atoms with Crippen LogP contribution in [0.2, 0.25) is 22.2 Å². The molecule has 2 aliphatic rings. The number of nitrogens with zero attached hydrogens (tertiary/aromatic N) is 4. The maximum atomic E-state index is 7.24. The number of nitrogen functional groups attached to an aromatic ring is 1. The zero-order valence-electron chi connectivity index (χ0n) is 21.4. The Balaban J connectivity index is 1.77. The number of halogens is 1. The molecule has 190 valence electrons. The first-order valence-corrected chi connectivity index (χ1v) is 16.6. The number of rotatable bonds is 5. The summed E-state index contributed by atoms with van der Waals surface area (Å²) in [5, 5.41) is -0.484. The van der Waals surface area contributed by atoms with E-state index in [0.717, 1.165) is 0 Å². The van der Waals surface area contributed by atoms with Crippen LogP contribution in [0.25, 0.3) is 11.2 Å². The predicted octanol–water partition coefficient (Wildman–Crippen LogP) is 4.87. The van der Waals surface area contributed by atoms with Crippen LogP contribution < -0.4 is 5.73 Å². The van der Waals surface area contributed by atoms with Crippen LogP contribution in [-0.2, 0) is 17.7 Å². The molecule has 2 N–H and O–H groups in total. The van der Waals surface area contributed by atoms with Gasteiger partial charge in [0.15, 0.2) is 17.7 Å². The minimum atomic E-state index is -2.78. The van der Waals surface area contributed by atoms with Crippen LogP contribution >= 0.6 is 11.6 Å². The van der Waals surface area contributed by atoms with E-state index >= 15 is 0 Å². The molecule has 2 fully saturated rings. The Morgan fingerprint density at radius 2 is 1.59 bits per heavy atom. The van der Waals surface area contributed by atoms with Crippen molar-refractivity contribution in [2.24, 2.45) is 0 Å². The van der Waals surface area contributed by atoms with Crippen LogP contribution in [0.4, 0.5) is 5.82 Å². The first kappa shape index (κ1) is 26.0. The number of fused-ring (bicyclic) bond motifs is 2. The molecule has 2 aromatic heterocycles. The van der Waals surface area contributed by atoms with Gasteiger partial charge in [-0.3, -0.25) is 4.57 Å². The van der Waals surface area contributed by atoms with E-state index in [-0.39, 0.29) is 34.4 Å². The standard InChI is InChI=1S/C22H38ClN5O4Si2/c1-12(2)33(13(3)4)29-9-16-19(31-34(32-33,14(5)6)15(7)8)17(23)22(30-16)28-11-27-18-20(24)25-10-26-21(18)28/h10-17,19,22H,9H2,1-8H3,(H2,24,25,26)/t16-,17?,19+,22-/m1/s1. The number of aromatic nitrogens is 4. The van der Waals surface area contributed by atoms with Crippen molar-refractivity contribution >= 4 is 45.7 Å².